The first-order chi connectivity index (χ1) is 8.28. The molecule has 18 heavy (non-hydrogen) atoms. The van der Waals surface area contributed by atoms with E-state index < -0.39 is 16.4 Å². The number of hydrogen-bond acceptors (Lipinski definition) is 4. The molecule has 0 bridgehead atoms. The van der Waals surface area contributed by atoms with Gasteiger partial charge in [0.25, 0.3) is 5.69 Å². The van der Waals surface area contributed by atoms with E-state index in [0.29, 0.717) is 17.7 Å². The number of aliphatic carboxylic acids is 1. The van der Waals surface area contributed by atoms with Crippen molar-refractivity contribution in [3.63, 3.8) is 0 Å². The van der Waals surface area contributed by atoms with Crippen LogP contribution >= 0.6 is 0 Å². The van der Waals surface area contributed by atoms with E-state index in [1.807, 2.05) is 0 Å². The van der Waals surface area contributed by atoms with E-state index in [0.717, 1.165) is 0 Å². The van der Waals surface area contributed by atoms with Gasteiger partial charge in [-0.1, -0.05) is 6.92 Å². The first kappa shape index (κ1) is 14.0. The number of non-ortho nitro benzene ring substituents is 1. The summed E-state index contributed by atoms with van der Waals surface area (Å²) in [5.74, 6) is -0.992. The molecule has 0 aliphatic heterocycles. The van der Waals surface area contributed by atoms with Gasteiger partial charge >= 0.3 is 5.97 Å². The number of benzene rings is 1. The predicted molar refractivity (Wildman–Crippen MR) is 67.8 cm³/mol. The number of rotatable bonds is 5. The van der Waals surface area contributed by atoms with Crippen molar-refractivity contribution < 1.29 is 14.8 Å². The van der Waals surface area contributed by atoms with Crippen LogP contribution in [0, 0.1) is 17.0 Å². The van der Waals surface area contributed by atoms with Gasteiger partial charge in [-0.25, -0.2) is 4.79 Å². The number of carboxylic acid groups (broad SMARTS) is 1. The Labute approximate surface area is 105 Å². The molecule has 1 aromatic rings. The molecule has 0 aliphatic carbocycles. The molecule has 0 aromatic heterocycles. The van der Waals surface area contributed by atoms with Crippen molar-refractivity contribution in [1.82, 2.24) is 0 Å². The van der Waals surface area contributed by atoms with Crippen molar-refractivity contribution in [1.29, 1.82) is 0 Å². The van der Waals surface area contributed by atoms with Crippen molar-refractivity contribution in [2.75, 3.05) is 5.32 Å². The summed E-state index contributed by atoms with van der Waals surface area (Å²) in [5.41, 5.74) is -0.0490. The average molecular weight is 252 g/mol. The highest BCUT2D eigenvalue weighted by molar-refractivity contribution is 5.82. The molecule has 0 fully saturated rings. The van der Waals surface area contributed by atoms with Crippen LogP contribution < -0.4 is 5.32 Å². The largest absolute Gasteiger partial charge is 0.480 e. The lowest BCUT2D eigenvalue weighted by Gasteiger charge is -2.26. The summed E-state index contributed by atoms with van der Waals surface area (Å²) in [4.78, 5) is 21.4. The maximum Gasteiger partial charge on any atom is 0.329 e. The standard InChI is InChI=1S/C12H16N2O4/c1-4-12(3,11(15)16)13-9-5-8(2)6-10(7-9)14(17)18/h5-7,13H,4H2,1-3H3,(H,15,16). The van der Waals surface area contributed by atoms with Gasteiger partial charge in [0.2, 0.25) is 0 Å². The van der Waals surface area contributed by atoms with Crippen LogP contribution in [0.4, 0.5) is 11.4 Å². The SMILES string of the molecule is CCC(C)(Nc1cc(C)cc([N+](=O)[O-])c1)C(=O)O. The van der Waals surface area contributed by atoms with Crippen LogP contribution in [-0.4, -0.2) is 21.5 Å². The summed E-state index contributed by atoms with van der Waals surface area (Å²) in [5, 5.41) is 22.7. The lowest BCUT2D eigenvalue weighted by molar-refractivity contribution is -0.384. The molecule has 6 nitrogen and oxygen atoms in total. The van der Waals surface area contributed by atoms with Gasteiger partial charge in [0, 0.05) is 17.8 Å². The second-order valence-electron chi connectivity index (χ2n) is 4.43. The summed E-state index contributed by atoms with van der Waals surface area (Å²) in [6, 6.07) is 4.46. The van der Waals surface area contributed by atoms with E-state index in [2.05, 4.69) is 5.32 Å². The lowest BCUT2D eigenvalue weighted by Crippen LogP contribution is -2.42. The number of nitrogens with zero attached hydrogens (tertiary/aromatic N) is 1. The zero-order valence-corrected chi connectivity index (χ0v) is 10.6. The molecule has 0 aliphatic rings. The molecule has 1 atom stereocenters. The monoisotopic (exact) mass is 252 g/mol. The molecule has 0 saturated carbocycles. The van der Waals surface area contributed by atoms with Crippen molar-refractivity contribution in [3.8, 4) is 0 Å². The van der Waals surface area contributed by atoms with E-state index in [9.17, 15) is 14.9 Å². The third-order valence-electron chi connectivity index (χ3n) is 2.87. The maximum atomic E-state index is 11.2. The van der Waals surface area contributed by atoms with Crippen molar-refractivity contribution in [3.05, 3.63) is 33.9 Å². The fraction of sp³-hybridized carbons (Fsp3) is 0.417. The Balaban J connectivity index is 3.11. The summed E-state index contributed by atoms with van der Waals surface area (Å²) < 4.78 is 0. The molecule has 2 N–H and O–H groups in total. The normalized spacial score (nSPS) is 13.7. The van der Waals surface area contributed by atoms with Crippen molar-refractivity contribution in [2.24, 2.45) is 0 Å². The zero-order chi connectivity index (χ0) is 13.9. The highest BCUT2D eigenvalue weighted by atomic mass is 16.6. The van der Waals surface area contributed by atoms with E-state index in [1.165, 1.54) is 12.1 Å². The van der Waals surface area contributed by atoms with Gasteiger partial charge < -0.3 is 10.4 Å². The van der Waals surface area contributed by atoms with Crippen LogP contribution in [0.1, 0.15) is 25.8 Å². The van der Waals surface area contributed by atoms with Gasteiger partial charge in [-0.3, -0.25) is 10.1 Å². The second-order valence-corrected chi connectivity index (χ2v) is 4.43. The van der Waals surface area contributed by atoms with Crippen LogP contribution in [0.5, 0.6) is 0 Å². The summed E-state index contributed by atoms with van der Waals surface area (Å²) in [6.45, 7) is 5.01. The molecule has 98 valence electrons. The van der Waals surface area contributed by atoms with E-state index in [1.54, 1.807) is 26.8 Å². The minimum atomic E-state index is -1.14. The Hall–Kier alpha value is -2.11. The minimum absolute atomic E-state index is 0.0543. The van der Waals surface area contributed by atoms with Gasteiger partial charge in [-0.05, 0) is 31.9 Å². The van der Waals surface area contributed by atoms with Crippen LogP contribution in [-0.2, 0) is 4.79 Å². The number of anilines is 1. The number of nitro groups is 1. The third-order valence-corrected chi connectivity index (χ3v) is 2.87. The number of nitro benzene ring substituents is 1. The van der Waals surface area contributed by atoms with E-state index in [-0.39, 0.29) is 5.69 Å². The Morgan fingerprint density at radius 2 is 2.11 bits per heavy atom. The van der Waals surface area contributed by atoms with Gasteiger partial charge in [0.15, 0.2) is 0 Å². The van der Waals surface area contributed by atoms with Crippen molar-refractivity contribution in [2.45, 2.75) is 32.7 Å². The van der Waals surface area contributed by atoms with E-state index >= 15 is 0 Å². The van der Waals surface area contributed by atoms with Crippen LogP contribution in [0.15, 0.2) is 18.2 Å². The quantitative estimate of drug-likeness (QED) is 0.620. The molecule has 0 radical (unpaired) electrons. The lowest BCUT2D eigenvalue weighted by atomic mass is 9.98. The Morgan fingerprint density at radius 3 is 2.56 bits per heavy atom. The van der Waals surface area contributed by atoms with Crippen LogP contribution in [0.2, 0.25) is 0 Å². The molecule has 0 spiro atoms. The van der Waals surface area contributed by atoms with Gasteiger partial charge in [0.1, 0.15) is 5.54 Å². The Morgan fingerprint density at radius 1 is 1.50 bits per heavy atom. The van der Waals surface area contributed by atoms with Crippen LogP contribution in [0.3, 0.4) is 0 Å². The van der Waals surface area contributed by atoms with Crippen LogP contribution in [0.25, 0.3) is 0 Å². The highest BCUT2D eigenvalue weighted by Crippen LogP contribution is 2.24. The summed E-state index contributed by atoms with van der Waals surface area (Å²) in [7, 11) is 0. The molecule has 1 unspecified atom stereocenters. The second kappa shape index (κ2) is 5.03. The average Bonchev–Trinajstić information content (AvgIpc) is 2.27. The summed E-state index contributed by atoms with van der Waals surface area (Å²) in [6.07, 6.45) is 0.365. The third kappa shape index (κ3) is 2.97. The highest BCUT2D eigenvalue weighted by Gasteiger charge is 2.31. The Bertz CT molecular complexity index is 487. The fourth-order valence-electron chi connectivity index (χ4n) is 1.55. The molecule has 0 amide bonds. The number of nitrogens with one attached hydrogen (secondary N) is 1. The molecule has 0 saturated heterocycles. The zero-order valence-electron chi connectivity index (χ0n) is 10.6. The van der Waals surface area contributed by atoms with Gasteiger partial charge in [-0.15, -0.1) is 0 Å². The first-order valence-electron chi connectivity index (χ1n) is 5.56. The number of carboxylic acids is 1. The summed E-state index contributed by atoms with van der Waals surface area (Å²) >= 11 is 0. The van der Waals surface area contributed by atoms with E-state index in [4.69, 9.17) is 5.11 Å². The number of carbonyl (C=O) groups is 1. The Kier molecular flexibility index (Phi) is 3.90. The van der Waals surface area contributed by atoms with Gasteiger partial charge in [-0.2, -0.15) is 0 Å². The van der Waals surface area contributed by atoms with Crippen molar-refractivity contribution >= 4 is 17.3 Å². The molecular formula is C12H16N2O4. The van der Waals surface area contributed by atoms with Gasteiger partial charge in [0.05, 0.1) is 4.92 Å². The fourth-order valence-corrected chi connectivity index (χ4v) is 1.55. The molecule has 1 aromatic carbocycles. The molecule has 0 heterocycles. The predicted octanol–water partition coefficient (Wildman–Crippen LogP) is 2.57. The molecule has 6 heteroatoms. The minimum Gasteiger partial charge on any atom is -0.480 e. The first-order valence-corrected chi connectivity index (χ1v) is 5.56. The number of aryl methyl sites for hydroxylation is 1. The topological polar surface area (TPSA) is 92.5 Å². The molecular weight excluding hydrogens is 236 g/mol. The smallest absolute Gasteiger partial charge is 0.329 e. The maximum absolute atomic E-state index is 11.2. The number of hydrogen-bond donors (Lipinski definition) is 2. The molecule has 1 rings (SSSR count).